The normalized spacial score (nSPS) is 14.7. The molecule has 1 saturated heterocycles. The molecule has 0 unspecified atom stereocenters. The second kappa shape index (κ2) is 10.9. The zero-order valence-corrected chi connectivity index (χ0v) is 19.3. The van der Waals surface area contributed by atoms with Crippen LogP contribution in [0.1, 0.15) is 24.5 Å². The van der Waals surface area contributed by atoms with Crippen LogP contribution in [-0.4, -0.2) is 39.9 Å². The average Bonchev–Trinajstić information content (AvgIpc) is 2.89. The Kier molecular flexibility index (Phi) is 7.51. The van der Waals surface area contributed by atoms with Crippen LogP contribution in [-0.2, 0) is 14.3 Å². The van der Waals surface area contributed by atoms with Crippen molar-refractivity contribution in [2.45, 2.75) is 18.9 Å². The summed E-state index contributed by atoms with van der Waals surface area (Å²) in [6.45, 7) is 1.22. The summed E-state index contributed by atoms with van der Waals surface area (Å²) in [6.07, 6.45) is 4.78. The van der Waals surface area contributed by atoms with Crippen LogP contribution in [0.3, 0.4) is 0 Å². The first-order valence-corrected chi connectivity index (χ1v) is 11.3. The molecule has 2 aromatic carbocycles. The number of esters is 1. The van der Waals surface area contributed by atoms with E-state index >= 15 is 0 Å². The number of ether oxygens (including phenoxy) is 1. The molecule has 11 heteroatoms. The van der Waals surface area contributed by atoms with Crippen LogP contribution in [0.5, 0.6) is 0 Å². The van der Waals surface area contributed by atoms with Crippen molar-refractivity contribution in [3.05, 3.63) is 87.8 Å². The molecule has 0 aliphatic carbocycles. The van der Waals surface area contributed by atoms with Crippen LogP contribution in [0.4, 0.5) is 17.2 Å². The predicted octanol–water partition coefficient (Wildman–Crippen LogP) is 4.18. The van der Waals surface area contributed by atoms with Gasteiger partial charge in [0.25, 0.3) is 11.6 Å². The van der Waals surface area contributed by atoms with Crippen LogP contribution >= 0.6 is 11.6 Å². The van der Waals surface area contributed by atoms with E-state index in [0.29, 0.717) is 31.5 Å². The molecule has 1 aliphatic heterocycles. The van der Waals surface area contributed by atoms with Crippen molar-refractivity contribution >= 4 is 40.7 Å². The summed E-state index contributed by atoms with van der Waals surface area (Å²) in [7, 11) is 0. The molecule has 1 aromatic heterocycles. The van der Waals surface area contributed by atoms with E-state index in [0.717, 1.165) is 11.9 Å². The highest BCUT2D eigenvalue weighted by atomic mass is 35.5. The van der Waals surface area contributed by atoms with Gasteiger partial charge in [0, 0.05) is 43.2 Å². The Balaban J connectivity index is 1.45. The Bertz CT molecular complexity index is 1200. The number of nitro groups is 1. The number of hydrogen-bond acceptors (Lipinski definition) is 8. The molecule has 1 atom stereocenters. The lowest BCUT2D eigenvalue weighted by molar-refractivity contribution is -0.384. The van der Waals surface area contributed by atoms with E-state index in [4.69, 9.17) is 16.3 Å². The third-order valence-corrected chi connectivity index (χ3v) is 6.01. The van der Waals surface area contributed by atoms with Crippen LogP contribution in [0.25, 0.3) is 0 Å². The lowest BCUT2D eigenvalue weighted by Crippen LogP contribution is -2.38. The maximum absolute atomic E-state index is 13.1. The summed E-state index contributed by atoms with van der Waals surface area (Å²) >= 11 is 6.12. The number of rotatable bonds is 7. The first-order chi connectivity index (χ1) is 16.9. The Morgan fingerprint density at radius 3 is 2.51 bits per heavy atom. The van der Waals surface area contributed by atoms with Crippen LogP contribution in [0.2, 0.25) is 5.02 Å². The molecule has 35 heavy (non-hydrogen) atoms. The van der Waals surface area contributed by atoms with Gasteiger partial charge >= 0.3 is 5.97 Å². The van der Waals surface area contributed by atoms with Crippen LogP contribution in [0.15, 0.2) is 67.1 Å². The number of hydrogen-bond donors (Lipinski definition) is 1. The Morgan fingerprint density at radius 1 is 1.14 bits per heavy atom. The number of aromatic nitrogens is 2. The molecule has 1 fully saturated rings. The van der Waals surface area contributed by atoms with E-state index in [1.807, 2.05) is 0 Å². The van der Waals surface area contributed by atoms with E-state index < -0.39 is 22.9 Å². The summed E-state index contributed by atoms with van der Waals surface area (Å²) in [5.74, 6) is -0.703. The zero-order chi connectivity index (χ0) is 24.8. The molecule has 3 aromatic rings. The Morgan fingerprint density at radius 2 is 1.89 bits per heavy atom. The summed E-state index contributed by atoms with van der Waals surface area (Å²) in [6, 6.07) is 12.3. The van der Waals surface area contributed by atoms with Gasteiger partial charge in [-0.15, -0.1) is 0 Å². The molecule has 180 valence electrons. The van der Waals surface area contributed by atoms with Gasteiger partial charge in [-0.3, -0.25) is 24.7 Å². The van der Waals surface area contributed by atoms with Gasteiger partial charge in [-0.2, -0.15) is 0 Å². The van der Waals surface area contributed by atoms with Crippen molar-refractivity contribution in [1.82, 2.24) is 9.97 Å². The van der Waals surface area contributed by atoms with E-state index in [1.54, 1.807) is 48.9 Å². The number of amides is 1. The summed E-state index contributed by atoms with van der Waals surface area (Å²) < 4.78 is 5.70. The lowest BCUT2D eigenvalue weighted by Gasteiger charge is -2.32. The molecule has 1 N–H and O–H groups in total. The first kappa shape index (κ1) is 24.1. The number of nitro benzene ring substituents is 1. The number of non-ortho nitro benzene ring substituents is 1. The molecule has 0 bridgehead atoms. The maximum Gasteiger partial charge on any atom is 0.310 e. The van der Waals surface area contributed by atoms with Crippen molar-refractivity contribution in [3.63, 3.8) is 0 Å². The summed E-state index contributed by atoms with van der Waals surface area (Å²) in [5.41, 5.74) is 0.469. The monoisotopic (exact) mass is 495 g/mol. The number of carbonyl (C=O) groups excluding carboxylic acids is 2. The van der Waals surface area contributed by atoms with E-state index in [9.17, 15) is 19.7 Å². The highest BCUT2D eigenvalue weighted by Gasteiger charge is 2.32. The van der Waals surface area contributed by atoms with Crippen LogP contribution < -0.4 is 10.2 Å². The van der Waals surface area contributed by atoms with E-state index in [2.05, 4.69) is 20.2 Å². The summed E-state index contributed by atoms with van der Waals surface area (Å²) in [4.78, 5) is 46.9. The third kappa shape index (κ3) is 5.90. The average molecular weight is 496 g/mol. The van der Waals surface area contributed by atoms with Crippen molar-refractivity contribution in [2.75, 3.05) is 23.3 Å². The highest BCUT2D eigenvalue weighted by molar-refractivity contribution is 6.34. The first-order valence-electron chi connectivity index (χ1n) is 10.9. The number of anilines is 2. The van der Waals surface area contributed by atoms with Crippen molar-refractivity contribution in [3.8, 4) is 0 Å². The maximum atomic E-state index is 13.1. The smallest absolute Gasteiger partial charge is 0.310 e. The third-order valence-electron chi connectivity index (χ3n) is 5.70. The van der Waals surface area contributed by atoms with E-state index in [-0.39, 0.29) is 22.3 Å². The summed E-state index contributed by atoms with van der Waals surface area (Å²) in [5, 5.41) is 13.6. The number of benzene rings is 2. The van der Waals surface area contributed by atoms with Crippen molar-refractivity contribution in [2.24, 2.45) is 5.92 Å². The minimum absolute atomic E-state index is 0.00192. The number of nitrogens with one attached hydrogen (secondary N) is 1. The van der Waals surface area contributed by atoms with Gasteiger partial charge in [0.15, 0.2) is 0 Å². The number of carbonyl (C=O) groups is 2. The van der Waals surface area contributed by atoms with Gasteiger partial charge in [-0.1, -0.05) is 41.9 Å². The molecule has 10 nitrogen and oxygen atoms in total. The second-order valence-corrected chi connectivity index (χ2v) is 8.37. The molecule has 0 spiro atoms. The molecule has 1 amide bonds. The largest absolute Gasteiger partial charge is 0.447 e. The Labute approximate surface area is 206 Å². The van der Waals surface area contributed by atoms with Crippen LogP contribution in [0, 0.1) is 16.0 Å². The molecular formula is C24H22ClN5O5. The lowest BCUT2D eigenvalue weighted by atomic mass is 9.97. The molecule has 2 heterocycles. The number of halogens is 1. The molecule has 0 radical (unpaired) electrons. The fourth-order valence-electron chi connectivity index (χ4n) is 3.83. The second-order valence-electron chi connectivity index (χ2n) is 7.96. The van der Waals surface area contributed by atoms with Gasteiger partial charge < -0.3 is 15.0 Å². The number of piperidine rings is 1. The van der Waals surface area contributed by atoms with Gasteiger partial charge in [0.2, 0.25) is 6.10 Å². The van der Waals surface area contributed by atoms with Gasteiger partial charge in [-0.25, -0.2) is 4.98 Å². The fraction of sp³-hybridized carbons (Fsp3) is 0.250. The van der Waals surface area contributed by atoms with Gasteiger partial charge in [0.05, 0.1) is 27.7 Å². The molecular weight excluding hydrogens is 474 g/mol. The highest BCUT2D eigenvalue weighted by Crippen LogP contribution is 2.30. The molecule has 1 aliphatic rings. The Hall–Kier alpha value is -4.05. The van der Waals surface area contributed by atoms with Gasteiger partial charge in [-0.05, 0) is 18.9 Å². The predicted molar refractivity (Wildman–Crippen MR) is 129 cm³/mol. The van der Waals surface area contributed by atoms with Crippen molar-refractivity contribution < 1.29 is 19.2 Å². The standard InChI is InChI=1S/C24H22ClN5O5/c25-19-14-18(30(33)34)6-7-20(19)28-23(31)22(16-4-2-1-3-5-16)35-24(32)17-8-12-29(13-9-17)21-15-26-10-11-27-21/h1-7,10-11,14-15,17,22H,8-9,12-13H2,(H,28,31)/t22-/m1/s1. The SMILES string of the molecule is O=C(O[C@@H](C(=O)Nc1ccc([N+](=O)[O-])cc1Cl)c1ccccc1)C1CCN(c2cnccn2)CC1. The molecule has 0 saturated carbocycles. The number of nitrogens with zero attached hydrogens (tertiary/aromatic N) is 4. The quantitative estimate of drug-likeness (QED) is 0.294. The van der Waals surface area contributed by atoms with E-state index in [1.165, 1.54) is 12.1 Å². The topological polar surface area (TPSA) is 128 Å². The molecule has 4 rings (SSSR count). The van der Waals surface area contributed by atoms with Gasteiger partial charge in [0.1, 0.15) is 5.82 Å². The minimum atomic E-state index is -1.21. The van der Waals surface area contributed by atoms with Crippen molar-refractivity contribution in [1.29, 1.82) is 0 Å². The minimum Gasteiger partial charge on any atom is -0.447 e. The zero-order valence-electron chi connectivity index (χ0n) is 18.5. The fourth-order valence-corrected chi connectivity index (χ4v) is 4.05.